The van der Waals surface area contributed by atoms with Gasteiger partial charge in [0.1, 0.15) is 11.5 Å². The lowest BCUT2D eigenvalue weighted by Gasteiger charge is -2.16. The third-order valence-corrected chi connectivity index (χ3v) is 8.23. The van der Waals surface area contributed by atoms with E-state index in [1.165, 1.54) is 28.5 Å². The van der Waals surface area contributed by atoms with Crippen LogP contribution in [-0.2, 0) is 5.75 Å². The highest BCUT2D eigenvalue weighted by Crippen LogP contribution is 2.30. The highest BCUT2D eigenvalue weighted by molar-refractivity contribution is 7.98. The summed E-state index contributed by atoms with van der Waals surface area (Å²) in [5.74, 6) is 1.65. The maximum Gasteiger partial charge on any atom is 0.266 e. The standard InChI is InChI=1S/C31H33N3O4S/c1-19-9-10-20(2)22(13-19)18-39-31-33-28-14-21(29(35)32-23-7-5-6-8-23)11-12-27(28)30(36)34(31)24-15-25(37-3)17-26(16-24)38-4/h9-17,23H,5-8,18H2,1-4H3,(H,32,35). The van der Waals surface area contributed by atoms with Gasteiger partial charge >= 0.3 is 0 Å². The Morgan fingerprint density at radius 2 is 1.72 bits per heavy atom. The normalized spacial score (nSPS) is 13.5. The summed E-state index contributed by atoms with van der Waals surface area (Å²) in [7, 11) is 3.16. The monoisotopic (exact) mass is 543 g/mol. The molecule has 1 aliphatic rings. The van der Waals surface area contributed by atoms with Crippen molar-refractivity contribution in [2.45, 2.75) is 56.5 Å². The molecule has 1 fully saturated rings. The molecular formula is C31H33N3O4S. The number of fused-ring (bicyclic) bond motifs is 1. The average Bonchev–Trinajstić information content (AvgIpc) is 3.46. The van der Waals surface area contributed by atoms with E-state index in [9.17, 15) is 9.59 Å². The first kappa shape index (κ1) is 26.8. The summed E-state index contributed by atoms with van der Waals surface area (Å²) in [4.78, 5) is 31.9. The van der Waals surface area contributed by atoms with E-state index in [1.54, 1.807) is 55.2 Å². The number of nitrogens with one attached hydrogen (secondary N) is 1. The molecular weight excluding hydrogens is 510 g/mol. The van der Waals surface area contributed by atoms with Crippen LogP contribution in [0.5, 0.6) is 11.5 Å². The van der Waals surface area contributed by atoms with Crippen LogP contribution < -0.4 is 20.3 Å². The molecule has 5 rings (SSSR count). The fourth-order valence-electron chi connectivity index (χ4n) is 4.99. The highest BCUT2D eigenvalue weighted by Gasteiger charge is 2.20. The van der Waals surface area contributed by atoms with Gasteiger partial charge in [0.2, 0.25) is 0 Å². The first-order valence-corrected chi connectivity index (χ1v) is 14.1. The van der Waals surface area contributed by atoms with E-state index >= 15 is 0 Å². The molecule has 1 heterocycles. The number of ether oxygens (including phenoxy) is 2. The van der Waals surface area contributed by atoms with Gasteiger partial charge < -0.3 is 14.8 Å². The van der Waals surface area contributed by atoms with Crippen LogP contribution >= 0.6 is 11.8 Å². The van der Waals surface area contributed by atoms with Crippen LogP contribution in [0.25, 0.3) is 16.6 Å². The predicted molar refractivity (Wildman–Crippen MR) is 156 cm³/mol. The van der Waals surface area contributed by atoms with Gasteiger partial charge in [-0.15, -0.1) is 0 Å². The first-order valence-electron chi connectivity index (χ1n) is 13.2. The Morgan fingerprint density at radius 3 is 2.41 bits per heavy atom. The summed E-state index contributed by atoms with van der Waals surface area (Å²) in [5, 5.41) is 4.09. The van der Waals surface area contributed by atoms with Crippen molar-refractivity contribution in [3.05, 3.63) is 87.2 Å². The Hall–Kier alpha value is -3.78. The SMILES string of the molecule is COc1cc(OC)cc(-n2c(SCc3cc(C)ccc3C)nc3cc(C(=O)NC4CCCC4)ccc3c2=O)c1. The van der Waals surface area contributed by atoms with Gasteiger partial charge in [-0.2, -0.15) is 0 Å². The maximum absolute atomic E-state index is 14.0. The van der Waals surface area contributed by atoms with Crippen molar-refractivity contribution in [3.63, 3.8) is 0 Å². The third kappa shape index (κ3) is 5.81. The molecule has 1 saturated carbocycles. The Kier molecular flexibility index (Phi) is 7.93. The number of aromatic nitrogens is 2. The van der Waals surface area contributed by atoms with Crippen LogP contribution in [-0.4, -0.2) is 35.7 Å². The number of rotatable bonds is 8. The van der Waals surface area contributed by atoms with Gasteiger partial charge in [0.05, 0.1) is 30.8 Å². The van der Waals surface area contributed by atoms with Crippen LogP contribution in [0.4, 0.5) is 0 Å². The number of thioether (sulfide) groups is 1. The molecule has 0 unspecified atom stereocenters. The lowest BCUT2D eigenvalue weighted by atomic mass is 10.1. The Morgan fingerprint density at radius 1 is 1.00 bits per heavy atom. The molecule has 0 saturated heterocycles. The number of methoxy groups -OCH3 is 2. The first-order chi connectivity index (χ1) is 18.9. The van der Waals surface area contributed by atoms with E-state index in [1.807, 2.05) is 0 Å². The number of amides is 1. The fraction of sp³-hybridized carbons (Fsp3) is 0.323. The van der Waals surface area contributed by atoms with E-state index in [0.717, 1.165) is 25.7 Å². The average molecular weight is 544 g/mol. The van der Waals surface area contributed by atoms with E-state index in [2.05, 4.69) is 37.4 Å². The van der Waals surface area contributed by atoms with Gasteiger partial charge in [0, 0.05) is 35.6 Å². The zero-order valence-electron chi connectivity index (χ0n) is 22.7. The molecule has 8 heteroatoms. The van der Waals surface area contributed by atoms with E-state index in [-0.39, 0.29) is 17.5 Å². The molecule has 1 N–H and O–H groups in total. The molecule has 0 aliphatic heterocycles. The Bertz CT molecular complexity index is 1570. The molecule has 7 nitrogen and oxygen atoms in total. The number of aryl methyl sites for hydroxylation is 2. The van der Waals surface area contributed by atoms with Gasteiger partial charge in [0.25, 0.3) is 11.5 Å². The Balaban J connectivity index is 1.61. The molecule has 0 atom stereocenters. The van der Waals surface area contributed by atoms with Crippen LogP contribution in [0, 0.1) is 13.8 Å². The lowest BCUT2D eigenvalue weighted by molar-refractivity contribution is 0.0938. The summed E-state index contributed by atoms with van der Waals surface area (Å²) < 4.78 is 12.5. The van der Waals surface area contributed by atoms with Crippen LogP contribution in [0.15, 0.2) is 64.5 Å². The van der Waals surface area contributed by atoms with Crippen molar-refractivity contribution in [1.82, 2.24) is 14.9 Å². The molecule has 0 bridgehead atoms. The number of carbonyl (C=O) groups excluding carboxylic acids is 1. The van der Waals surface area contributed by atoms with E-state index < -0.39 is 0 Å². The van der Waals surface area contributed by atoms with Crippen molar-refractivity contribution < 1.29 is 14.3 Å². The molecule has 4 aromatic rings. The van der Waals surface area contributed by atoms with Gasteiger partial charge in [-0.1, -0.05) is 48.4 Å². The summed E-state index contributed by atoms with van der Waals surface area (Å²) in [5.41, 5.74) is 4.90. The minimum absolute atomic E-state index is 0.128. The van der Waals surface area contributed by atoms with Crippen LogP contribution in [0.2, 0.25) is 0 Å². The van der Waals surface area contributed by atoms with Crippen molar-refractivity contribution in [3.8, 4) is 17.2 Å². The lowest BCUT2D eigenvalue weighted by Crippen LogP contribution is -2.32. The van der Waals surface area contributed by atoms with E-state index in [4.69, 9.17) is 14.5 Å². The van der Waals surface area contributed by atoms with Gasteiger partial charge in [-0.25, -0.2) is 4.98 Å². The number of hydrogen-bond donors (Lipinski definition) is 1. The third-order valence-electron chi connectivity index (χ3n) is 7.25. The molecule has 39 heavy (non-hydrogen) atoms. The minimum atomic E-state index is -0.221. The summed E-state index contributed by atoms with van der Waals surface area (Å²) >= 11 is 1.48. The second kappa shape index (κ2) is 11.5. The number of carbonyl (C=O) groups is 1. The van der Waals surface area contributed by atoms with Gasteiger partial charge in [-0.3, -0.25) is 14.2 Å². The van der Waals surface area contributed by atoms with E-state index in [0.29, 0.717) is 44.6 Å². The molecule has 1 amide bonds. The number of benzene rings is 3. The van der Waals surface area contributed by atoms with Gasteiger partial charge in [0.15, 0.2) is 5.16 Å². The fourth-order valence-corrected chi connectivity index (χ4v) is 6.07. The second-order valence-electron chi connectivity index (χ2n) is 10.0. The number of nitrogens with zero attached hydrogens (tertiary/aromatic N) is 2. The van der Waals surface area contributed by atoms with Gasteiger partial charge in [-0.05, 0) is 56.0 Å². The molecule has 3 aromatic carbocycles. The smallest absolute Gasteiger partial charge is 0.266 e. The molecule has 0 spiro atoms. The van der Waals surface area contributed by atoms with Crippen LogP contribution in [0.1, 0.15) is 52.7 Å². The maximum atomic E-state index is 14.0. The topological polar surface area (TPSA) is 82.4 Å². The van der Waals surface area contributed by atoms with Crippen molar-refractivity contribution in [1.29, 1.82) is 0 Å². The summed E-state index contributed by atoms with van der Waals surface area (Å²) in [6.07, 6.45) is 4.29. The molecule has 202 valence electrons. The largest absolute Gasteiger partial charge is 0.497 e. The predicted octanol–water partition coefficient (Wildman–Crippen LogP) is 5.98. The summed E-state index contributed by atoms with van der Waals surface area (Å²) in [6, 6.07) is 17.0. The molecule has 1 aliphatic carbocycles. The molecule has 0 radical (unpaired) electrons. The Labute approximate surface area is 232 Å². The van der Waals surface area contributed by atoms with Crippen LogP contribution in [0.3, 0.4) is 0 Å². The zero-order chi connectivity index (χ0) is 27.5. The van der Waals surface area contributed by atoms with Crippen molar-refractivity contribution >= 4 is 28.6 Å². The van der Waals surface area contributed by atoms with Crippen molar-refractivity contribution in [2.24, 2.45) is 0 Å². The molecule has 1 aromatic heterocycles. The van der Waals surface area contributed by atoms with Crippen molar-refractivity contribution in [2.75, 3.05) is 14.2 Å². The highest BCUT2D eigenvalue weighted by atomic mass is 32.2. The minimum Gasteiger partial charge on any atom is -0.497 e. The zero-order valence-corrected chi connectivity index (χ0v) is 23.6. The summed E-state index contributed by atoms with van der Waals surface area (Å²) in [6.45, 7) is 4.15. The second-order valence-corrected chi connectivity index (χ2v) is 11.0. The quantitative estimate of drug-likeness (QED) is 0.217. The number of hydrogen-bond acceptors (Lipinski definition) is 6.